The van der Waals surface area contributed by atoms with Crippen LogP contribution in [0.1, 0.15) is 18.9 Å². The molecule has 0 aromatic heterocycles. The lowest BCUT2D eigenvalue weighted by Gasteiger charge is -2.14. The molecule has 1 aromatic rings. The maximum atomic E-state index is 12.2. The maximum absolute atomic E-state index is 12.2. The number of aliphatic hydroxyl groups excluding tert-OH is 1. The van der Waals surface area contributed by atoms with E-state index in [-0.39, 0.29) is 12.7 Å². The van der Waals surface area contributed by atoms with Crippen molar-refractivity contribution in [1.29, 1.82) is 0 Å². The van der Waals surface area contributed by atoms with E-state index in [0.29, 0.717) is 12.2 Å². The number of rotatable bonds is 4. The highest BCUT2D eigenvalue weighted by atomic mass is 19.4. The summed E-state index contributed by atoms with van der Waals surface area (Å²) in [6, 6.07) is 4.50. The second kappa shape index (κ2) is 5.21. The molecule has 1 aromatic carbocycles. The van der Waals surface area contributed by atoms with Gasteiger partial charge in [-0.3, -0.25) is 0 Å². The van der Waals surface area contributed by atoms with Crippen LogP contribution in [0.4, 0.5) is 13.2 Å². The van der Waals surface area contributed by atoms with Gasteiger partial charge in [0.15, 0.2) is 0 Å². The molecule has 0 fully saturated rings. The summed E-state index contributed by atoms with van der Waals surface area (Å²) in [6.07, 6.45) is -4.10. The highest BCUT2D eigenvalue weighted by Gasteiger charge is 2.30. The van der Waals surface area contributed by atoms with Crippen LogP contribution in [0.25, 0.3) is 0 Å². The van der Waals surface area contributed by atoms with Crippen LogP contribution < -0.4 is 4.74 Å². The first-order valence-corrected chi connectivity index (χ1v) is 4.88. The average molecular weight is 234 g/mol. The van der Waals surface area contributed by atoms with Crippen molar-refractivity contribution in [2.45, 2.75) is 25.6 Å². The lowest BCUT2D eigenvalue weighted by Crippen LogP contribution is -2.13. The standard InChI is InChI=1S/C11H13F3O2/c1-8(6-7-15)16-10-4-2-9(3-5-10)11(12,13)14/h2-5,8,15H,6-7H2,1H3/t8-/m0/s1. The Hall–Kier alpha value is -1.23. The lowest BCUT2D eigenvalue weighted by atomic mass is 10.2. The fourth-order valence-electron chi connectivity index (χ4n) is 1.20. The molecule has 1 rings (SSSR count). The molecule has 0 saturated heterocycles. The molecule has 0 heterocycles. The monoisotopic (exact) mass is 234 g/mol. The van der Waals surface area contributed by atoms with Crippen LogP contribution in [0.5, 0.6) is 5.75 Å². The van der Waals surface area contributed by atoms with Gasteiger partial charge >= 0.3 is 6.18 Å². The van der Waals surface area contributed by atoms with E-state index in [1.165, 1.54) is 12.1 Å². The number of aliphatic hydroxyl groups is 1. The second-order valence-electron chi connectivity index (χ2n) is 3.46. The molecule has 1 atom stereocenters. The Balaban J connectivity index is 2.65. The quantitative estimate of drug-likeness (QED) is 0.868. The molecule has 0 unspecified atom stereocenters. The van der Waals surface area contributed by atoms with E-state index in [1.54, 1.807) is 6.92 Å². The third-order valence-electron chi connectivity index (χ3n) is 2.05. The van der Waals surface area contributed by atoms with Gasteiger partial charge in [0.1, 0.15) is 5.75 Å². The summed E-state index contributed by atoms with van der Waals surface area (Å²) >= 11 is 0. The van der Waals surface area contributed by atoms with Crippen LogP contribution in [-0.4, -0.2) is 17.8 Å². The minimum atomic E-state index is -4.32. The molecule has 0 spiro atoms. The van der Waals surface area contributed by atoms with E-state index in [4.69, 9.17) is 9.84 Å². The topological polar surface area (TPSA) is 29.5 Å². The summed E-state index contributed by atoms with van der Waals surface area (Å²) in [5, 5.41) is 8.64. The molecule has 0 radical (unpaired) electrons. The van der Waals surface area contributed by atoms with Gasteiger partial charge in [-0.25, -0.2) is 0 Å². The van der Waals surface area contributed by atoms with Crippen LogP contribution in [0.3, 0.4) is 0 Å². The zero-order valence-electron chi connectivity index (χ0n) is 8.79. The Morgan fingerprint density at radius 2 is 1.81 bits per heavy atom. The molecule has 0 bridgehead atoms. The molecule has 0 aliphatic rings. The molecule has 5 heteroatoms. The minimum Gasteiger partial charge on any atom is -0.491 e. The first kappa shape index (κ1) is 12.8. The lowest BCUT2D eigenvalue weighted by molar-refractivity contribution is -0.137. The third kappa shape index (κ3) is 3.73. The predicted octanol–water partition coefficient (Wildman–Crippen LogP) is 2.86. The zero-order chi connectivity index (χ0) is 12.2. The van der Waals surface area contributed by atoms with E-state index < -0.39 is 11.7 Å². The Morgan fingerprint density at radius 3 is 2.25 bits per heavy atom. The van der Waals surface area contributed by atoms with E-state index >= 15 is 0 Å². The number of hydrogen-bond donors (Lipinski definition) is 1. The van der Waals surface area contributed by atoms with Crippen LogP contribution in [0.15, 0.2) is 24.3 Å². The predicted molar refractivity (Wildman–Crippen MR) is 53.2 cm³/mol. The maximum Gasteiger partial charge on any atom is 0.416 e. The number of benzene rings is 1. The van der Waals surface area contributed by atoms with E-state index in [1.807, 2.05) is 0 Å². The van der Waals surface area contributed by atoms with Crippen molar-refractivity contribution < 1.29 is 23.0 Å². The molecule has 0 amide bonds. The zero-order valence-corrected chi connectivity index (χ0v) is 8.79. The molecular weight excluding hydrogens is 221 g/mol. The number of hydrogen-bond acceptors (Lipinski definition) is 2. The van der Waals surface area contributed by atoms with Gasteiger partial charge in [0.05, 0.1) is 11.7 Å². The molecule has 0 aliphatic carbocycles. The second-order valence-corrected chi connectivity index (χ2v) is 3.46. The highest BCUT2D eigenvalue weighted by molar-refractivity contribution is 5.28. The van der Waals surface area contributed by atoms with Crippen molar-refractivity contribution in [3.05, 3.63) is 29.8 Å². The van der Waals surface area contributed by atoms with Gasteiger partial charge in [0, 0.05) is 13.0 Å². The Kier molecular flexibility index (Phi) is 4.18. The molecule has 1 N–H and O–H groups in total. The van der Waals surface area contributed by atoms with Crippen LogP contribution in [-0.2, 0) is 6.18 Å². The summed E-state index contributed by atoms with van der Waals surface area (Å²) in [6.45, 7) is 1.73. The smallest absolute Gasteiger partial charge is 0.416 e. The summed E-state index contributed by atoms with van der Waals surface area (Å²) in [5.74, 6) is 0.369. The van der Waals surface area contributed by atoms with Gasteiger partial charge < -0.3 is 9.84 Å². The fourth-order valence-corrected chi connectivity index (χ4v) is 1.20. The molecule has 16 heavy (non-hydrogen) atoms. The first-order valence-electron chi connectivity index (χ1n) is 4.88. The summed E-state index contributed by atoms with van der Waals surface area (Å²) in [7, 11) is 0. The summed E-state index contributed by atoms with van der Waals surface area (Å²) < 4.78 is 42.0. The van der Waals surface area contributed by atoms with Crippen molar-refractivity contribution in [3.8, 4) is 5.75 Å². The fraction of sp³-hybridized carbons (Fsp3) is 0.455. The van der Waals surface area contributed by atoms with E-state index in [9.17, 15) is 13.2 Å². The van der Waals surface area contributed by atoms with Gasteiger partial charge in [-0.05, 0) is 31.2 Å². The van der Waals surface area contributed by atoms with Crippen LogP contribution in [0.2, 0.25) is 0 Å². The molecular formula is C11H13F3O2. The van der Waals surface area contributed by atoms with Crippen LogP contribution >= 0.6 is 0 Å². The van der Waals surface area contributed by atoms with Gasteiger partial charge in [-0.1, -0.05) is 0 Å². The van der Waals surface area contributed by atoms with Crippen molar-refractivity contribution in [3.63, 3.8) is 0 Å². The Morgan fingerprint density at radius 1 is 1.25 bits per heavy atom. The minimum absolute atomic E-state index is 0.0121. The van der Waals surface area contributed by atoms with Gasteiger partial charge in [0.2, 0.25) is 0 Å². The first-order chi connectivity index (χ1) is 7.43. The molecule has 0 saturated carbocycles. The number of ether oxygens (including phenoxy) is 1. The largest absolute Gasteiger partial charge is 0.491 e. The van der Waals surface area contributed by atoms with Gasteiger partial charge in [-0.15, -0.1) is 0 Å². The van der Waals surface area contributed by atoms with E-state index in [0.717, 1.165) is 12.1 Å². The van der Waals surface area contributed by atoms with Crippen molar-refractivity contribution in [2.75, 3.05) is 6.61 Å². The van der Waals surface area contributed by atoms with Crippen molar-refractivity contribution >= 4 is 0 Å². The summed E-state index contributed by atoms with van der Waals surface area (Å²) in [4.78, 5) is 0. The van der Waals surface area contributed by atoms with E-state index in [2.05, 4.69) is 0 Å². The SMILES string of the molecule is C[C@@H](CCO)Oc1ccc(C(F)(F)F)cc1. The van der Waals surface area contributed by atoms with Gasteiger partial charge in [-0.2, -0.15) is 13.2 Å². The highest BCUT2D eigenvalue weighted by Crippen LogP contribution is 2.30. The van der Waals surface area contributed by atoms with Crippen molar-refractivity contribution in [1.82, 2.24) is 0 Å². The molecule has 0 aliphatic heterocycles. The Bertz CT molecular complexity index is 319. The number of halogens is 3. The third-order valence-corrected chi connectivity index (χ3v) is 2.05. The average Bonchev–Trinajstić information content (AvgIpc) is 2.17. The number of alkyl halides is 3. The molecule has 90 valence electrons. The normalized spacial score (nSPS) is 13.6. The Labute approximate surface area is 91.7 Å². The van der Waals surface area contributed by atoms with Crippen molar-refractivity contribution in [2.24, 2.45) is 0 Å². The summed E-state index contributed by atoms with van der Waals surface area (Å²) in [5.41, 5.74) is -0.699. The molecule has 2 nitrogen and oxygen atoms in total. The van der Waals surface area contributed by atoms with Gasteiger partial charge in [0.25, 0.3) is 0 Å². The van der Waals surface area contributed by atoms with Crippen LogP contribution in [0, 0.1) is 0 Å².